The van der Waals surface area contributed by atoms with E-state index in [1.54, 1.807) is 0 Å². The van der Waals surface area contributed by atoms with E-state index in [-0.39, 0.29) is 0 Å². The molecule has 0 spiro atoms. The number of hydrogen-bond acceptors (Lipinski definition) is 3. The SMILES string of the molecule is CCNC(c1csc(C)c1)C1CCCCO1. The van der Waals surface area contributed by atoms with Crippen molar-refractivity contribution in [2.75, 3.05) is 13.2 Å². The molecule has 1 saturated heterocycles. The van der Waals surface area contributed by atoms with Crippen molar-refractivity contribution in [3.05, 3.63) is 21.9 Å². The first-order valence-corrected chi connectivity index (χ1v) is 7.09. The van der Waals surface area contributed by atoms with Crippen LogP contribution in [-0.2, 0) is 4.74 Å². The highest BCUT2D eigenvalue weighted by atomic mass is 32.1. The molecule has 90 valence electrons. The van der Waals surface area contributed by atoms with Crippen molar-refractivity contribution in [1.29, 1.82) is 0 Å². The van der Waals surface area contributed by atoms with Crippen LogP contribution in [0.25, 0.3) is 0 Å². The van der Waals surface area contributed by atoms with Gasteiger partial charge in [-0.3, -0.25) is 0 Å². The van der Waals surface area contributed by atoms with E-state index in [4.69, 9.17) is 4.74 Å². The second-order valence-electron chi connectivity index (χ2n) is 4.43. The lowest BCUT2D eigenvalue weighted by molar-refractivity contribution is -0.00778. The molecule has 2 heterocycles. The quantitative estimate of drug-likeness (QED) is 0.870. The smallest absolute Gasteiger partial charge is 0.0770 e. The van der Waals surface area contributed by atoms with Crippen LogP contribution in [0.3, 0.4) is 0 Å². The topological polar surface area (TPSA) is 21.3 Å². The van der Waals surface area contributed by atoms with E-state index < -0.39 is 0 Å². The predicted octanol–water partition coefficient (Wildman–Crippen LogP) is 3.28. The van der Waals surface area contributed by atoms with Crippen LogP contribution in [-0.4, -0.2) is 19.3 Å². The van der Waals surface area contributed by atoms with Gasteiger partial charge < -0.3 is 10.1 Å². The number of hydrogen-bond donors (Lipinski definition) is 1. The van der Waals surface area contributed by atoms with Gasteiger partial charge in [0.25, 0.3) is 0 Å². The molecule has 3 heteroatoms. The first-order valence-electron chi connectivity index (χ1n) is 6.21. The van der Waals surface area contributed by atoms with E-state index in [0.29, 0.717) is 12.1 Å². The van der Waals surface area contributed by atoms with E-state index in [9.17, 15) is 0 Å². The summed E-state index contributed by atoms with van der Waals surface area (Å²) >= 11 is 1.83. The summed E-state index contributed by atoms with van der Waals surface area (Å²) in [5, 5.41) is 5.83. The Balaban J connectivity index is 2.09. The van der Waals surface area contributed by atoms with Gasteiger partial charge in [-0.05, 0) is 49.7 Å². The molecule has 0 bridgehead atoms. The number of thiophene rings is 1. The first kappa shape index (κ1) is 12.1. The lowest BCUT2D eigenvalue weighted by atomic mass is 9.97. The Morgan fingerprint density at radius 3 is 3.00 bits per heavy atom. The maximum Gasteiger partial charge on any atom is 0.0770 e. The third-order valence-electron chi connectivity index (χ3n) is 3.12. The zero-order chi connectivity index (χ0) is 11.4. The molecule has 1 aromatic heterocycles. The molecule has 1 aliphatic rings. The summed E-state index contributed by atoms with van der Waals surface area (Å²) in [5.41, 5.74) is 1.40. The van der Waals surface area contributed by atoms with Gasteiger partial charge in [0.1, 0.15) is 0 Å². The zero-order valence-corrected chi connectivity index (χ0v) is 11.0. The molecule has 0 amide bonds. The number of rotatable bonds is 4. The molecular formula is C13H21NOS. The van der Waals surface area contributed by atoms with Crippen molar-refractivity contribution in [2.24, 2.45) is 0 Å². The Morgan fingerprint density at radius 2 is 2.44 bits per heavy atom. The highest BCUT2D eigenvalue weighted by molar-refractivity contribution is 7.10. The maximum absolute atomic E-state index is 5.90. The minimum absolute atomic E-state index is 0.364. The van der Waals surface area contributed by atoms with Gasteiger partial charge in [0.2, 0.25) is 0 Å². The van der Waals surface area contributed by atoms with Gasteiger partial charge in [-0.2, -0.15) is 0 Å². The van der Waals surface area contributed by atoms with Crippen molar-refractivity contribution >= 4 is 11.3 Å². The van der Waals surface area contributed by atoms with E-state index in [1.165, 1.54) is 29.7 Å². The average molecular weight is 239 g/mol. The van der Waals surface area contributed by atoms with Gasteiger partial charge in [0.15, 0.2) is 0 Å². The fourth-order valence-electron chi connectivity index (χ4n) is 2.34. The summed E-state index contributed by atoms with van der Waals surface area (Å²) in [5.74, 6) is 0. The van der Waals surface area contributed by atoms with Crippen LogP contribution in [0.15, 0.2) is 11.4 Å². The second-order valence-corrected chi connectivity index (χ2v) is 5.55. The third kappa shape index (κ3) is 2.84. The molecule has 0 aliphatic carbocycles. The Hall–Kier alpha value is -0.380. The number of ether oxygens (including phenoxy) is 1. The Bertz CT molecular complexity index is 317. The van der Waals surface area contributed by atoms with Gasteiger partial charge in [0.05, 0.1) is 12.1 Å². The number of likely N-dealkylation sites (N-methyl/N-ethyl adjacent to an activating group) is 1. The molecule has 2 atom stereocenters. The fraction of sp³-hybridized carbons (Fsp3) is 0.692. The summed E-state index contributed by atoms with van der Waals surface area (Å²) in [6.45, 7) is 6.25. The van der Waals surface area contributed by atoms with Crippen molar-refractivity contribution in [3.63, 3.8) is 0 Å². The standard InChI is InChI=1S/C13H21NOS/c1-3-14-13(11-8-10(2)16-9-11)12-6-4-5-7-15-12/h8-9,12-14H,3-7H2,1-2H3. The largest absolute Gasteiger partial charge is 0.376 e. The fourth-order valence-corrected chi connectivity index (χ4v) is 3.08. The predicted molar refractivity (Wildman–Crippen MR) is 69.1 cm³/mol. The van der Waals surface area contributed by atoms with Crippen LogP contribution in [0.5, 0.6) is 0 Å². The normalized spacial score (nSPS) is 23.2. The maximum atomic E-state index is 5.90. The molecule has 1 N–H and O–H groups in total. The minimum atomic E-state index is 0.364. The van der Waals surface area contributed by atoms with Gasteiger partial charge in [0, 0.05) is 11.5 Å². The number of nitrogens with one attached hydrogen (secondary N) is 1. The van der Waals surface area contributed by atoms with E-state index >= 15 is 0 Å². The van der Waals surface area contributed by atoms with E-state index in [2.05, 4.69) is 30.6 Å². The Kier molecular flexibility index (Phi) is 4.38. The van der Waals surface area contributed by atoms with Gasteiger partial charge >= 0.3 is 0 Å². The summed E-state index contributed by atoms with van der Waals surface area (Å²) in [6, 6.07) is 2.67. The molecule has 2 rings (SSSR count). The monoisotopic (exact) mass is 239 g/mol. The Labute approximate surface area is 102 Å². The first-order chi connectivity index (χ1) is 7.81. The summed E-state index contributed by atoms with van der Waals surface area (Å²) < 4.78 is 5.90. The molecule has 0 radical (unpaired) electrons. The van der Waals surface area contributed by atoms with Crippen molar-refractivity contribution in [1.82, 2.24) is 5.32 Å². The summed E-state index contributed by atoms with van der Waals surface area (Å²) in [7, 11) is 0. The average Bonchev–Trinajstić information content (AvgIpc) is 2.74. The summed E-state index contributed by atoms with van der Waals surface area (Å²) in [4.78, 5) is 1.38. The molecule has 16 heavy (non-hydrogen) atoms. The third-order valence-corrected chi connectivity index (χ3v) is 4.00. The van der Waals surface area contributed by atoms with Crippen molar-refractivity contribution in [2.45, 2.75) is 45.3 Å². The van der Waals surface area contributed by atoms with Crippen LogP contribution in [0.1, 0.15) is 42.7 Å². The van der Waals surface area contributed by atoms with Gasteiger partial charge in [-0.25, -0.2) is 0 Å². The van der Waals surface area contributed by atoms with Crippen molar-refractivity contribution in [3.8, 4) is 0 Å². The minimum Gasteiger partial charge on any atom is -0.376 e. The molecule has 1 aromatic rings. The van der Waals surface area contributed by atoms with Crippen LogP contribution in [0.4, 0.5) is 0 Å². The van der Waals surface area contributed by atoms with Crippen LogP contribution >= 0.6 is 11.3 Å². The molecule has 0 aromatic carbocycles. The zero-order valence-electron chi connectivity index (χ0n) is 10.2. The van der Waals surface area contributed by atoms with Crippen LogP contribution < -0.4 is 5.32 Å². The highest BCUT2D eigenvalue weighted by Crippen LogP contribution is 2.29. The van der Waals surface area contributed by atoms with Crippen molar-refractivity contribution < 1.29 is 4.74 Å². The van der Waals surface area contributed by atoms with Gasteiger partial charge in [-0.15, -0.1) is 11.3 Å². The van der Waals surface area contributed by atoms with Crippen LogP contribution in [0.2, 0.25) is 0 Å². The van der Waals surface area contributed by atoms with E-state index in [0.717, 1.165) is 13.2 Å². The van der Waals surface area contributed by atoms with Crippen LogP contribution in [0, 0.1) is 6.92 Å². The molecule has 0 saturated carbocycles. The lowest BCUT2D eigenvalue weighted by Crippen LogP contribution is -2.35. The summed E-state index contributed by atoms with van der Waals surface area (Å²) in [6.07, 6.45) is 4.07. The van der Waals surface area contributed by atoms with Gasteiger partial charge in [-0.1, -0.05) is 6.92 Å². The number of aryl methyl sites for hydroxylation is 1. The van der Waals surface area contributed by atoms with E-state index in [1.807, 2.05) is 11.3 Å². The molecule has 2 unspecified atom stereocenters. The highest BCUT2D eigenvalue weighted by Gasteiger charge is 2.25. The lowest BCUT2D eigenvalue weighted by Gasteiger charge is -2.30. The molecule has 2 nitrogen and oxygen atoms in total. The molecule has 1 fully saturated rings. The Morgan fingerprint density at radius 1 is 1.56 bits per heavy atom. The second kappa shape index (κ2) is 5.80. The molecular weight excluding hydrogens is 218 g/mol. The molecule has 1 aliphatic heterocycles.